The normalized spacial score (nSPS) is 15.1. The van der Waals surface area contributed by atoms with Gasteiger partial charge in [-0.25, -0.2) is 4.98 Å². The molecule has 4 heteroatoms. The Morgan fingerprint density at radius 1 is 1.12 bits per heavy atom. The van der Waals surface area contributed by atoms with Crippen LogP contribution in [0.5, 0.6) is 0 Å². The molecule has 1 heterocycles. The number of anilines is 1. The molecule has 1 aromatic carbocycles. The minimum absolute atomic E-state index is 0.0880. The molecular weight excluding hydrogens is 388 g/mol. The van der Waals surface area contributed by atoms with Crippen molar-refractivity contribution >= 4 is 39.2 Å². The van der Waals surface area contributed by atoms with Gasteiger partial charge in [-0.05, 0) is 57.3 Å². The molecule has 26 heavy (non-hydrogen) atoms. The van der Waals surface area contributed by atoms with Crippen LogP contribution in [0.25, 0.3) is 11.6 Å². The number of hydrogen-bond acceptors (Lipinski definition) is 2. The van der Waals surface area contributed by atoms with Gasteiger partial charge in [0.15, 0.2) is 0 Å². The Balaban J connectivity index is 1.63. The molecule has 1 N–H and O–H groups in total. The van der Waals surface area contributed by atoms with Gasteiger partial charge in [-0.15, -0.1) is 0 Å². The predicted molar refractivity (Wildman–Crippen MR) is 110 cm³/mol. The molecule has 0 saturated carbocycles. The minimum Gasteiger partial charge on any atom is -0.321 e. The highest BCUT2D eigenvalue weighted by atomic mass is 79.9. The van der Waals surface area contributed by atoms with Gasteiger partial charge in [0, 0.05) is 12.0 Å². The zero-order chi connectivity index (χ0) is 18.1. The summed E-state index contributed by atoms with van der Waals surface area (Å²) in [4.78, 5) is 17.0. The molecular formula is C22H17BrN2O. The molecule has 2 aliphatic rings. The van der Waals surface area contributed by atoms with Crippen LogP contribution in [0.4, 0.5) is 5.69 Å². The molecule has 128 valence electrons. The molecule has 0 spiro atoms. The Bertz CT molecular complexity index is 1030. The second-order valence-electron chi connectivity index (χ2n) is 6.31. The summed E-state index contributed by atoms with van der Waals surface area (Å²) >= 11 is 3.34. The quantitative estimate of drug-likeness (QED) is 0.675. The maximum absolute atomic E-state index is 12.7. The first kappa shape index (κ1) is 16.7. The van der Waals surface area contributed by atoms with Crippen LogP contribution in [0, 0.1) is 6.92 Å². The molecule has 3 nitrogen and oxygen atoms in total. The van der Waals surface area contributed by atoms with Crippen molar-refractivity contribution < 1.29 is 4.79 Å². The first-order valence-electron chi connectivity index (χ1n) is 8.44. The number of hydrogen-bond donors (Lipinski definition) is 1. The van der Waals surface area contributed by atoms with Crippen molar-refractivity contribution in [1.29, 1.82) is 0 Å². The fourth-order valence-corrected chi connectivity index (χ4v) is 3.64. The SMILES string of the molecule is Cc1nc(Br)ccc1NC(=O)C1=CC=C2C(=CC=Cc3ccccc32)C1. The van der Waals surface area contributed by atoms with Crippen LogP contribution in [0.3, 0.4) is 0 Å². The Labute approximate surface area is 161 Å². The molecule has 1 aromatic heterocycles. The second-order valence-corrected chi connectivity index (χ2v) is 7.12. The van der Waals surface area contributed by atoms with Gasteiger partial charge in [0.1, 0.15) is 4.60 Å². The number of aromatic nitrogens is 1. The maximum Gasteiger partial charge on any atom is 0.251 e. The number of pyridine rings is 1. The molecule has 0 fully saturated rings. The van der Waals surface area contributed by atoms with Gasteiger partial charge in [0.05, 0.1) is 11.4 Å². The number of nitrogens with zero attached hydrogens (tertiary/aromatic N) is 1. The van der Waals surface area contributed by atoms with E-state index in [1.54, 1.807) is 0 Å². The van der Waals surface area contributed by atoms with Gasteiger partial charge < -0.3 is 5.32 Å². The molecule has 0 aliphatic heterocycles. The van der Waals surface area contributed by atoms with Crippen LogP contribution < -0.4 is 5.32 Å². The predicted octanol–water partition coefficient (Wildman–Crippen LogP) is 5.46. The van der Waals surface area contributed by atoms with Crippen LogP contribution in [0.2, 0.25) is 0 Å². The van der Waals surface area contributed by atoms with Gasteiger partial charge >= 0.3 is 0 Å². The fourth-order valence-electron chi connectivity index (χ4n) is 3.24. The third kappa shape index (κ3) is 3.20. The number of nitrogens with one attached hydrogen (secondary N) is 1. The standard InChI is InChI=1S/C22H17BrN2O/c1-14-20(11-12-21(23)24-14)25-22(26)17-9-10-19-16(13-17)7-4-6-15-5-2-3-8-18(15)19/h2-12H,13H2,1H3,(H,25,26). The number of halogens is 1. The van der Waals surface area contributed by atoms with Crippen molar-refractivity contribution in [2.75, 3.05) is 5.32 Å². The lowest BCUT2D eigenvalue weighted by Gasteiger charge is -2.19. The summed E-state index contributed by atoms with van der Waals surface area (Å²) in [7, 11) is 0. The van der Waals surface area contributed by atoms with Crippen molar-refractivity contribution in [2.24, 2.45) is 0 Å². The molecule has 0 saturated heterocycles. The van der Waals surface area contributed by atoms with Gasteiger partial charge in [0.2, 0.25) is 0 Å². The number of allylic oxidation sites excluding steroid dienone is 6. The molecule has 0 atom stereocenters. The number of carbonyl (C=O) groups is 1. The summed E-state index contributed by atoms with van der Waals surface area (Å²) in [5.41, 5.74) is 7.00. The van der Waals surface area contributed by atoms with E-state index in [-0.39, 0.29) is 5.91 Å². The van der Waals surface area contributed by atoms with E-state index in [0.29, 0.717) is 6.42 Å². The number of carbonyl (C=O) groups excluding carboxylic acids is 1. The van der Waals surface area contributed by atoms with E-state index >= 15 is 0 Å². The smallest absolute Gasteiger partial charge is 0.251 e. The Morgan fingerprint density at radius 2 is 1.96 bits per heavy atom. The lowest BCUT2D eigenvalue weighted by molar-refractivity contribution is -0.112. The molecule has 2 aromatic rings. The summed E-state index contributed by atoms with van der Waals surface area (Å²) in [5.74, 6) is -0.0880. The number of rotatable bonds is 2. The minimum atomic E-state index is -0.0880. The maximum atomic E-state index is 12.7. The molecule has 0 unspecified atom stereocenters. The molecule has 1 amide bonds. The summed E-state index contributed by atoms with van der Waals surface area (Å²) in [5, 5.41) is 2.97. The van der Waals surface area contributed by atoms with Crippen LogP contribution in [-0.4, -0.2) is 10.9 Å². The van der Waals surface area contributed by atoms with Crippen LogP contribution in [0.1, 0.15) is 23.2 Å². The molecule has 4 rings (SSSR count). The van der Waals surface area contributed by atoms with E-state index in [9.17, 15) is 4.79 Å². The third-order valence-electron chi connectivity index (χ3n) is 4.59. The van der Waals surface area contributed by atoms with E-state index < -0.39 is 0 Å². The van der Waals surface area contributed by atoms with Crippen LogP contribution >= 0.6 is 15.9 Å². The Hall–Kier alpha value is -2.72. The van der Waals surface area contributed by atoms with Crippen LogP contribution in [-0.2, 0) is 4.79 Å². The molecule has 0 bridgehead atoms. The molecule has 2 aliphatic carbocycles. The van der Waals surface area contributed by atoms with Gasteiger partial charge in [-0.3, -0.25) is 4.79 Å². The van der Waals surface area contributed by atoms with Gasteiger partial charge in [-0.2, -0.15) is 0 Å². The summed E-state index contributed by atoms with van der Waals surface area (Å²) < 4.78 is 0.756. The first-order chi connectivity index (χ1) is 12.6. The van der Waals surface area contributed by atoms with E-state index in [2.05, 4.69) is 56.6 Å². The number of fused-ring (bicyclic) bond motifs is 3. The van der Waals surface area contributed by atoms with Crippen molar-refractivity contribution in [3.63, 3.8) is 0 Å². The average molecular weight is 405 g/mol. The number of amides is 1. The first-order valence-corrected chi connectivity index (χ1v) is 9.23. The Kier molecular flexibility index (Phi) is 4.43. The highest BCUT2D eigenvalue weighted by molar-refractivity contribution is 9.10. The van der Waals surface area contributed by atoms with E-state index in [1.165, 1.54) is 16.7 Å². The second kappa shape index (κ2) is 6.89. The fraction of sp³-hybridized carbons (Fsp3) is 0.0909. The lowest BCUT2D eigenvalue weighted by Crippen LogP contribution is -2.17. The van der Waals surface area contributed by atoms with Crippen molar-refractivity contribution in [1.82, 2.24) is 4.98 Å². The summed E-state index contributed by atoms with van der Waals surface area (Å²) in [6, 6.07) is 12.0. The monoisotopic (exact) mass is 404 g/mol. The third-order valence-corrected chi connectivity index (χ3v) is 5.04. The van der Waals surface area contributed by atoms with Gasteiger partial charge in [-0.1, -0.05) is 54.6 Å². The Morgan fingerprint density at radius 3 is 2.81 bits per heavy atom. The lowest BCUT2D eigenvalue weighted by atomic mass is 9.87. The number of aryl methyl sites for hydroxylation is 1. The van der Waals surface area contributed by atoms with Gasteiger partial charge in [0.25, 0.3) is 5.91 Å². The highest BCUT2D eigenvalue weighted by Gasteiger charge is 2.21. The zero-order valence-electron chi connectivity index (χ0n) is 14.3. The summed E-state index contributed by atoms with van der Waals surface area (Å²) in [6.45, 7) is 1.88. The van der Waals surface area contributed by atoms with E-state index in [1.807, 2.05) is 43.3 Å². The number of benzene rings is 1. The van der Waals surface area contributed by atoms with Crippen molar-refractivity contribution in [3.05, 3.63) is 93.3 Å². The topological polar surface area (TPSA) is 42.0 Å². The average Bonchev–Trinajstić information content (AvgIpc) is 2.82. The van der Waals surface area contributed by atoms with E-state index in [4.69, 9.17) is 0 Å². The summed E-state index contributed by atoms with van der Waals surface area (Å²) in [6.07, 6.45) is 10.8. The van der Waals surface area contributed by atoms with E-state index in [0.717, 1.165) is 27.1 Å². The van der Waals surface area contributed by atoms with Crippen LogP contribution in [0.15, 0.2) is 76.5 Å². The van der Waals surface area contributed by atoms with Crippen molar-refractivity contribution in [3.8, 4) is 0 Å². The highest BCUT2D eigenvalue weighted by Crippen LogP contribution is 2.36. The largest absolute Gasteiger partial charge is 0.321 e. The molecule has 0 radical (unpaired) electrons. The zero-order valence-corrected chi connectivity index (χ0v) is 15.9. The van der Waals surface area contributed by atoms with Crippen molar-refractivity contribution in [2.45, 2.75) is 13.3 Å².